The molecule has 1 saturated heterocycles. The molecule has 6 heteroatoms. The Morgan fingerprint density at radius 3 is 2.45 bits per heavy atom. The van der Waals surface area contributed by atoms with E-state index in [1.165, 1.54) is 0 Å². The van der Waals surface area contributed by atoms with Crippen LogP contribution in [0.4, 0.5) is 5.69 Å². The summed E-state index contributed by atoms with van der Waals surface area (Å²) in [5.74, 6) is 0.660. The Labute approximate surface area is 192 Å². The molecule has 4 rings (SSSR count). The topological polar surface area (TPSA) is 32.8 Å². The molecule has 31 heavy (non-hydrogen) atoms. The number of piperazine rings is 1. The maximum absolute atomic E-state index is 12.9. The van der Waals surface area contributed by atoms with E-state index >= 15 is 0 Å². The zero-order valence-electron chi connectivity index (χ0n) is 17.3. The standard InChI is InChI=1S/C25H24Cl2N2O2/c1-18-7-12-23(22(27)15-18)29-14-13-28(16-24(29)19-8-10-20(26)11-9-19)25(30)17-31-21-5-3-2-4-6-21/h2-12,15,24H,13-14,16-17H2,1H3/t24-/m0/s1. The monoisotopic (exact) mass is 454 g/mol. The molecule has 0 saturated carbocycles. The minimum Gasteiger partial charge on any atom is -0.484 e. The molecule has 1 fully saturated rings. The second kappa shape index (κ2) is 9.63. The van der Waals surface area contributed by atoms with Gasteiger partial charge in [0.15, 0.2) is 6.61 Å². The van der Waals surface area contributed by atoms with Gasteiger partial charge in [-0.05, 0) is 54.4 Å². The summed E-state index contributed by atoms with van der Waals surface area (Å²) in [5, 5.41) is 1.40. The van der Waals surface area contributed by atoms with Crippen molar-refractivity contribution in [1.82, 2.24) is 4.90 Å². The number of para-hydroxylation sites is 1. The molecule has 1 aliphatic rings. The number of carbonyl (C=O) groups is 1. The number of nitrogens with zero attached hydrogens (tertiary/aromatic N) is 2. The van der Waals surface area contributed by atoms with Gasteiger partial charge in [-0.2, -0.15) is 0 Å². The Morgan fingerprint density at radius 2 is 1.74 bits per heavy atom. The first-order chi connectivity index (χ1) is 15.0. The van der Waals surface area contributed by atoms with E-state index in [1.807, 2.05) is 72.5 Å². The first kappa shape index (κ1) is 21.5. The van der Waals surface area contributed by atoms with Crippen LogP contribution in [0.1, 0.15) is 17.2 Å². The fourth-order valence-electron chi connectivity index (χ4n) is 3.87. The zero-order valence-corrected chi connectivity index (χ0v) is 18.8. The molecular formula is C25H24Cl2N2O2. The van der Waals surface area contributed by atoms with Crippen molar-refractivity contribution >= 4 is 34.8 Å². The van der Waals surface area contributed by atoms with Crippen LogP contribution in [-0.2, 0) is 4.79 Å². The first-order valence-corrected chi connectivity index (χ1v) is 11.0. The van der Waals surface area contributed by atoms with Gasteiger partial charge in [-0.1, -0.05) is 59.6 Å². The largest absolute Gasteiger partial charge is 0.484 e. The summed E-state index contributed by atoms with van der Waals surface area (Å²) in [6, 6.07) is 23.2. The highest BCUT2D eigenvalue weighted by atomic mass is 35.5. The lowest BCUT2D eigenvalue weighted by Gasteiger charge is -2.43. The fraction of sp³-hybridized carbons (Fsp3) is 0.240. The van der Waals surface area contributed by atoms with Crippen molar-refractivity contribution in [3.63, 3.8) is 0 Å². The molecule has 1 amide bonds. The second-order valence-electron chi connectivity index (χ2n) is 7.66. The summed E-state index contributed by atoms with van der Waals surface area (Å²) in [7, 11) is 0. The molecule has 0 radical (unpaired) electrons. The van der Waals surface area contributed by atoms with E-state index in [9.17, 15) is 4.79 Å². The maximum atomic E-state index is 12.9. The fourth-order valence-corrected chi connectivity index (χ4v) is 4.34. The zero-order chi connectivity index (χ0) is 21.8. The molecular weight excluding hydrogens is 431 g/mol. The van der Waals surface area contributed by atoms with Crippen LogP contribution in [0.15, 0.2) is 72.8 Å². The van der Waals surface area contributed by atoms with Crippen molar-refractivity contribution in [2.75, 3.05) is 31.1 Å². The Morgan fingerprint density at radius 1 is 1.00 bits per heavy atom. The molecule has 0 aliphatic carbocycles. The third kappa shape index (κ3) is 5.15. The van der Waals surface area contributed by atoms with Gasteiger partial charge in [-0.3, -0.25) is 4.79 Å². The van der Waals surface area contributed by atoms with Crippen molar-refractivity contribution in [2.24, 2.45) is 0 Å². The summed E-state index contributed by atoms with van der Waals surface area (Å²) in [4.78, 5) is 17.0. The number of benzene rings is 3. The van der Waals surface area contributed by atoms with Gasteiger partial charge < -0.3 is 14.5 Å². The number of aryl methyl sites for hydroxylation is 1. The Kier molecular flexibility index (Phi) is 6.69. The molecule has 0 N–H and O–H groups in total. The Balaban J connectivity index is 1.55. The lowest BCUT2D eigenvalue weighted by molar-refractivity contribution is -0.134. The van der Waals surface area contributed by atoms with Crippen LogP contribution < -0.4 is 9.64 Å². The normalized spacial score (nSPS) is 16.3. The van der Waals surface area contributed by atoms with E-state index in [4.69, 9.17) is 27.9 Å². The highest BCUT2D eigenvalue weighted by Crippen LogP contribution is 2.36. The number of anilines is 1. The quantitative estimate of drug-likeness (QED) is 0.490. The van der Waals surface area contributed by atoms with Crippen LogP contribution in [0.2, 0.25) is 10.0 Å². The number of ether oxygens (including phenoxy) is 1. The van der Waals surface area contributed by atoms with Crippen molar-refractivity contribution in [3.8, 4) is 5.75 Å². The molecule has 1 aliphatic heterocycles. The predicted molar refractivity (Wildman–Crippen MR) is 126 cm³/mol. The molecule has 3 aromatic carbocycles. The SMILES string of the molecule is Cc1ccc(N2CCN(C(=O)COc3ccccc3)C[C@H]2c2ccc(Cl)cc2)c(Cl)c1. The molecule has 160 valence electrons. The molecule has 3 aromatic rings. The van der Waals surface area contributed by atoms with Crippen LogP contribution in [0.25, 0.3) is 0 Å². The highest BCUT2D eigenvalue weighted by molar-refractivity contribution is 6.33. The predicted octanol–water partition coefficient (Wildman–Crippen LogP) is 5.77. The van der Waals surface area contributed by atoms with Gasteiger partial charge in [0.05, 0.1) is 16.8 Å². The Bertz CT molecular complexity index is 1040. The van der Waals surface area contributed by atoms with Gasteiger partial charge in [-0.25, -0.2) is 0 Å². The average Bonchev–Trinajstić information content (AvgIpc) is 2.78. The number of hydrogen-bond donors (Lipinski definition) is 0. The van der Waals surface area contributed by atoms with Gasteiger partial charge in [0.1, 0.15) is 5.75 Å². The third-order valence-corrected chi connectivity index (χ3v) is 6.06. The second-order valence-corrected chi connectivity index (χ2v) is 8.50. The van der Waals surface area contributed by atoms with Crippen molar-refractivity contribution in [1.29, 1.82) is 0 Å². The van der Waals surface area contributed by atoms with E-state index in [1.54, 1.807) is 0 Å². The summed E-state index contributed by atoms with van der Waals surface area (Å²) >= 11 is 12.7. The van der Waals surface area contributed by atoms with Crippen LogP contribution in [0, 0.1) is 6.92 Å². The first-order valence-electron chi connectivity index (χ1n) is 10.2. The van der Waals surface area contributed by atoms with Crippen LogP contribution in [-0.4, -0.2) is 37.0 Å². The molecule has 1 atom stereocenters. The number of hydrogen-bond acceptors (Lipinski definition) is 3. The van der Waals surface area contributed by atoms with Gasteiger partial charge in [0.25, 0.3) is 5.91 Å². The van der Waals surface area contributed by atoms with E-state index in [2.05, 4.69) is 17.0 Å². The number of amides is 1. The van der Waals surface area contributed by atoms with Crippen molar-refractivity contribution in [3.05, 3.63) is 94.0 Å². The van der Waals surface area contributed by atoms with E-state index < -0.39 is 0 Å². The van der Waals surface area contributed by atoms with E-state index in [-0.39, 0.29) is 18.6 Å². The Hall–Kier alpha value is -2.69. The van der Waals surface area contributed by atoms with Crippen LogP contribution in [0.5, 0.6) is 5.75 Å². The summed E-state index contributed by atoms with van der Waals surface area (Å²) < 4.78 is 5.68. The lowest BCUT2D eigenvalue weighted by atomic mass is 10.0. The van der Waals surface area contributed by atoms with Gasteiger partial charge >= 0.3 is 0 Å². The highest BCUT2D eigenvalue weighted by Gasteiger charge is 2.32. The number of rotatable bonds is 5. The molecule has 0 unspecified atom stereocenters. The van der Waals surface area contributed by atoms with Crippen LogP contribution in [0.3, 0.4) is 0 Å². The molecule has 1 heterocycles. The number of halogens is 2. The van der Waals surface area contributed by atoms with E-state index in [0.717, 1.165) is 16.8 Å². The van der Waals surface area contributed by atoms with Gasteiger partial charge in [0.2, 0.25) is 0 Å². The summed E-state index contributed by atoms with van der Waals surface area (Å²) in [6.07, 6.45) is 0. The summed E-state index contributed by atoms with van der Waals surface area (Å²) in [5.41, 5.74) is 3.17. The molecule has 4 nitrogen and oxygen atoms in total. The van der Waals surface area contributed by atoms with Crippen molar-refractivity contribution < 1.29 is 9.53 Å². The van der Waals surface area contributed by atoms with Gasteiger partial charge in [0, 0.05) is 24.7 Å². The van der Waals surface area contributed by atoms with Gasteiger partial charge in [-0.15, -0.1) is 0 Å². The van der Waals surface area contributed by atoms with Crippen molar-refractivity contribution in [2.45, 2.75) is 13.0 Å². The molecule has 0 spiro atoms. The average molecular weight is 455 g/mol. The van der Waals surface area contributed by atoms with Crippen LogP contribution >= 0.6 is 23.2 Å². The third-order valence-electron chi connectivity index (χ3n) is 5.51. The minimum atomic E-state index is -0.0353. The maximum Gasteiger partial charge on any atom is 0.260 e. The minimum absolute atomic E-state index is 0.0165. The lowest BCUT2D eigenvalue weighted by Crippen LogP contribution is -2.51. The summed E-state index contributed by atoms with van der Waals surface area (Å²) in [6.45, 7) is 3.86. The molecule has 0 aromatic heterocycles. The molecule has 0 bridgehead atoms. The van der Waals surface area contributed by atoms with E-state index in [0.29, 0.717) is 35.4 Å². The smallest absolute Gasteiger partial charge is 0.260 e. The number of carbonyl (C=O) groups excluding carboxylic acids is 1.